The van der Waals surface area contributed by atoms with Crippen LogP contribution in [0.2, 0.25) is 0 Å². The first-order valence-electron chi connectivity index (χ1n) is 6.21. The maximum atomic E-state index is 12.1. The third-order valence-corrected chi connectivity index (χ3v) is 3.00. The molecule has 0 fully saturated rings. The molecule has 0 aromatic heterocycles. The molecule has 98 valence electrons. The third-order valence-electron chi connectivity index (χ3n) is 3.00. The highest BCUT2D eigenvalue weighted by Gasteiger charge is 2.28. The molecular weight excluding hydrogens is 248 g/mol. The van der Waals surface area contributed by atoms with Crippen molar-refractivity contribution in [3.05, 3.63) is 96.1 Å². The maximum absolute atomic E-state index is 12.1. The Labute approximate surface area is 118 Å². The molecule has 0 radical (unpaired) electrons. The van der Waals surface area contributed by atoms with E-state index in [1.807, 2.05) is 0 Å². The van der Waals surface area contributed by atoms with Gasteiger partial charge in [-0.3, -0.25) is 9.59 Å². The number of benzene rings is 2. The van der Waals surface area contributed by atoms with Crippen LogP contribution in [-0.4, -0.2) is 11.6 Å². The standard InChI is InChI=1S/C14H8O2.C4H6/c15-13-9-5-1-2-6-10(9)14(16)12-8-4-3-7-11(12)13;1-3-4-2/h1-8H;3-4H,1-2H2. The Hall–Kier alpha value is -2.74. The second kappa shape index (κ2) is 5.93. The van der Waals surface area contributed by atoms with E-state index >= 15 is 0 Å². The van der Waals surface area contributed by atoms with E-state index in [4.69, 9.17) is 0 Å². The summed E-state index contributed by atoms with van der Waals surface area (Å²) in [5, 5.41) is 0. The molecule has 3 rings (SSSR count). The van der Waals surface area contributed by atoms with Crippen molar-refractivity contribution in [1.82, 2.24) is 0 Å². The second-order valence-electron chi connectivity index (χ2n) is 4.22. The summed E-state index contributed by atoms with van der Waals surface area (Å²) < 4.78 is 0. The second-order valence-corrected chi connectivity index (χ2v) is 4.22. The molecule has 0 aliphatic heterocycles. The number of allylic oxidation sites excluding steroid dienone is 2. The van der Waals surface area contributed by atoms with Crippen molar-refractivity contribution in [2.24, 2.45) is 0 Å². The van der Waals surface area contributed by atoms with Gasteiger partial charge in [0.05, 0.1) is 0 Å². The Bertz CT molecular complexity index is 585. The lowest BCUT2D eigenvalue weighted by Crippen LogP contribution is -2.20. The first-order valence-corrected chi connectivity index (χ1v) is 6.21. The SMILES string of the molecule is C=CC=C.O=C1c2ccccc2C(=O)c2ccccc21. The van der Waals surface area contributed by atoms with Crippen LogP contribution in [-0.2, 0) is 0 Å². The van der Waals surface area contributed by atoms with Gasteiger partial charge in [0.15, 0.2) is 11.6 Å². The number of carbonyl (C=O) groups is 2. The van der Waals surface area contributed by atoms with Crippen LogP contribution in [0.1, 0.15) is 31.8 Å². The van der Waals surface area contributed by atoms with Gasteiger partial charge in [0, 0.05) is 22.3 Å². The molecule has 0 saturated heterocycles. The lowest BCUT2D eigenvalue weighted by molar-refractivity contribution is 0.0979. The van der Waals surface area contributed by atoms with Gasteiger partial charge in [0.1, 0.15) is 0 Å². The van der Waals surface area contributed by atoms with Gasteiger partial charge in [-0.25, -0.2) is 0 Å². The van der Waals surface area contributed by atoms with Gasteiger partial charge >= 0.3 is 0 Å². The molecule has 2 aromatic rings. The largest absolute Gasteiger partial charge is 0.289 e. The average Bonchev–Trinajstić information content (AvgIpc) is 2.53. The molecule has 0 saturated carbocycles. The van der Waals surface area contributed by atoms with Crippen molar-refractivity contribution in [3.8, 4) is 0 Å². The number of hydrogen-bond donors (Lipinski definition) is 0. The molecule has 20 heavy (non-hydrogen) atoms. The van der Waals surface area contributed by atoms with Gasteiger partial charge in [-0.1, -0.05) is 73.8 Å². The molecule has 0 bridgehead atoms. The summed E-state index contributed by atoms with van der Waals surface area (Å²) in [6.45, 7) is 6.72. The first-order chi connectivity index (χ1) is 9.70. The van der Waals surface area contributed by atoms with Gasteiger partial charge in [0.2, 0.25) is 0 Å². The van der Waals surface area contributed by atoms with Gasteiger partial charge in [-0.15, -0.1) is 0 Å². The van der Waals surface area contributed by atoms with Gasteiger partial charge < -0.3 is 0 Å². The summed E-state index contributed by atoms with van der Waals surface area (Å²) >= 11 is 0. The number of hydrogen-bond acceptors (Lipinski definition) is 2. The van der Waals surface area contributed by atoms with Crippen LogP contribution in [0.15, 0.2) is 73.8 Å². The van der Waals surface area contributed by atoms with E-state index in [1.54, 1.807) is 60.7 Å². The Balaban J connectivity index is 0.000000328. The molecule has 0 N–H and O–H groups in total. The van der Waals surface area contributed by atoms with E-state index < -0.39 is 0 Å². The van der Waals surface area contributed by atoms with E-state index in [0.717, 1.165) is 0 Å². The molecule has 2 heteroatoms. The van der Waals surface area contributed by atoms with Crippen LogP contribution in [0.4, 0.5) is 0 Å². The monoisotopic (exact) mass is 262 g/mol. The summed E-state index contributed by atoms with van der Waals surface area (Å²) in [5.41, 5.74) is 2.02. The summed E-state index contributed by atoms with van der Waals surface area (Å²) in [5.74, 6) is -0.128. The Morgan fingerprint density at radius 3 is 1.05 bits per heavy atom. The van der Waals surface area contributed by atoms with Crippen LogP contribution in [0, 0.1) is 0 Å². The zero-order valence-corrected chi connectivity index (χ0v) is 11.0. The fraction of sp³-hybridized carbons (Fsp3) is 0. The summed E-state index contributed by atoms with van der Waals surface area (Å²) in [6, 6.07) is 13.9. The molecule has 0 heterocycles. The molecule has 0 atom stereocenters. The Kier molecular flexibility index (Phi) is 4.06. The topological polar surface area (TPSA) is 34.1 Å². The van der Waals surface area contributed by atoms with Crippen molar-refractivity contribution in [3.63, 3.8) is 0 Å². The van der Waals surface area contributed by atoms with Crippen molar-refractivity contribution >= 4 is 11.6 Å². The Morgan fingerprint density at radius 2 is 0.850 bits per heavy atom. The predicted molar refractivity (Wildman–Crippen MR) is 80.1 cm³/mol. The molecule has 0 unspecified atom stereocenters. The van der Waals surface area contributed by atoms with Crippen LogP contribution in [0.5, 0.6) is 0 Å². The fourth-order valence-electron chi connectivity index (χ4n) is 2.05. The molecule has 0 spiro atoms. The molecule has 0 amide bonds. The first kappa shape index (κ1) is 13.7. The number of fused-ring (bicyclic) bond motifs is 2. The Morgan fingerprint density at radius 1 is 0.600 bits per heavy atom. The predicted octanol–water partition coefficient (Wildman–Crippen LogP) is 3.82. The van der Waals surface area contributed by atoms with E-state index in [2.05, 4.69) is 13.2 Å². The lowest BCUT2D eigenvalue weighted by atomic mass is 9.84. The van der Waals surface area contributed by atoms with Crippen LogP contribution < -0.4 is 0 Å². The van der Waals surface area contributed by atoms with Crippen LogP contribution in [0.25, 0.3) is 0 Å². The van der Waals surface area contributed by atoms with E-state index in [1.165, 1.54) is 0 Å². The molecule has 1 aliphatic carbocycles. The van der Waals surface area contributed by atoms with E-state index in [0.29, 0.717) is 22.3 Å². The number of ketones is 2. The van der Waals surface area contributed by atoms with Gasteiger partial charge in [0.25, 0.3) is 0 Å². The summed E-state index contributed by atoms with van der Waals surface area (Å²) in [6.07, 6.45) is 3.28. The van der Waals surface area contributed by atoms with E-state index in [9.17, 15) is 9.59 Å². The number of carbonyl (C=O) groups excluding carboxylic acids is 2. The zero-order chi connectivity index (χ0) is 14.5. The van der Waals surface area contributed by atoms with Crippen LogP contribution >= 0.6 is 0 Å². The quantitative estimate of drug-likeness (QED) is 0.625. The molecule has 2 aromatic carbocycles. The van der Waals surface area contributed by atoms with Crippen molar-refractivity contribution in [2.75, 3.05) is 0 Å². The fourth-order valence-corrected chi connectivity index (χ4v) is 2.05. The van der Waals surface area contributed by atoms with E-state index in [-0.39, 0.29) is 11.6 Å². The van der Waals surface area contributed by atoms with Crippen molar-refractivity contribution < 1.29 is 9.59 Å². The molecule has 2 nitrogen and oxygen atoms in total. The number of rotatable bonds is 1. The lowest BCUT2D eigenvalue weighted by Gasteiger charge is -2.16. The highest BCUT2D eigenvalue weighted by Crippen LogP contribution is 2.26. The minimum atomic E-state index is -0.0641. The minimum Gasteiger partial charge on any atom is -0.289 e. The smallest absolute Gasteiger partial charge is 0.194 e. The maximum Gasteiger partial charge on any atom is 0.194 e. The third kappa shape index (κ3) is 2.36. The highest BCUT2D eigenvalue weighted by molar-refractivity contribution is 6.28. The van der Waals surface area contributed by atoms with Crippen molar-refractivity contribution in [1.29, 1.82) is 0 Å². The zero-order valence-electron chi connectivity index (χ0n) is 11.0. The summed E-state index contributed by atoms with van der Waals surface area (Å²) in [4.78, 5) is 24.2. The summed E-state index contributed by atoms with van der Waals surface area (Å²) in [7, 11) is 0. The van der Waals surface area contributed by atoms with Gasteiger partial charge in [-0.2, -0.15) is 0 Å². The van der Waals surface area contributed by atoms with Crippen LogP contribution in [0.3, 0.4) is 0 Å². The average molecular weight is 262 g/mol. The normalized spacial score (nSPS) is 11.6. The molecular formula is C18H14O2. The van der Waals surface area contributed by atoms with Gasteiger partial charge in [-0.05, 0) is 0 Å². The molecule has 1 aliphatic rings. The van der Waals surface area contributed by atoms with Crippen molar-refractivity contribution in [2.45, 2.75) is 0 Å². The highest BCUT2D eigenvalue weighted by atomic mass is 16.1. The minimum absolute atomic E-state index is 0.0641.